The van der Waals surface area contributed by atoms with Gasteiger partial charge in [-0.15, -0.1) is 11.8 Å². The van der Waals surface area contributed by atoms with Gasteiger partial charge in [0.25, 0.3) is 0 Å². The minimum Gasteiger partial charge on any atom is -0.348 e. The molecule has 1 N–H and O–H groups in total. The summed E-state index contributed by atoms with van der Waals surface area (Å²) in [6.07, 6.45) is 3.04. The second-order valence-corrected chi connectivity index (χ2v) is 10.7. The second-order valence-electron chi connectivity index (χ2n) is 7.68. The van der Waals surface area contributed by atoms with E-state index in [0.717, 1.165) is 36.1 Å². The van der Waals surface area contributed by atoms with E-state index in [1.54, 1.807) is 36.0 Å². The van der Waals surface area contributed by atoms with E-state index in [4.69, 9.17) is 0 Å². The number of hydrogen-bond donors (Lipinski definition) is 1. The van der Waals surface area contributed by atoms with E-state index in [9.17, 15) is 13.2 Å². The van der Waals surface area contributed by atoms with Gasteiger partial charge >= 0.3 is 0 Å². The number of nitrogens with one attached hydrogen (secondary N) is 1. The molecule has 1 amide bonds. The maximum atomic E-state index is 13.2. The van der Waals surface area contributed by atoms with Crippen molar-refractivity contribution in [2.24, 2.45) is 0 Å². The lowest BCUT2D eigenvalue weighted by molar-refractivity contribution is -0.126. The number of piperidine rings is 1. The van der Waals surface area contributed by atoms with Crippen LogP contribution in [0.3, 0.4) is 0 Å². The van der Waals surface area contributed by atoms with Crippen LogP contribution >= 0.6 is 11.8 Å². The Hall–Kier alpha value is -1.83. The van der Waals surface area contributed by atoms with Crippen LogP contribution in [0.5, 0.6) is 0 Å². The van der Waals surface area contributed by atoms with E-state index < -0.39 is 16.1 Å². The zero-order valence-electron chi connectivity index (χ0n) is 16.5. The van der Waals surface area contributed by atoms with Crippen molar-refractivity contribution in [1.82, 2.24) is 9.62 Å². The molecule has 2 aliphatic heterocycles. The third-order valence-electron chi connectivity index (χ3n) is 5.66. The highest BCUT2D eigenvalue weighted by Crippen LogP contribution is 2.36. The lowest BCUT2D eigenvalue weighted by Gasteiger charge is -2.35. The van der Waals surface area contributed by atoms with E-state index in [-0.39, 0.29) is 16.8 Å². The smallest absolute Gasteiger partial charge is 0.243 e. The summed E-state index contributed by atoms with van der Waals surface area (Å²) in [4.78, 5) is 14.6. The molecule has 0 radical (unpaired) electrons. The average Bonchev–Trinajstić information content (AvgIpc) is 2.74. The number of nitrogens with zero attached hydrogens (tertiary/aromatic N) is 1. The molecule has 1 saturated heterocycles. The monoisotopic (exact) mass is 430 g/mol. The Kier molecular flexibility index (Phi) is 5.99. The van der Waals surface area contributed by atoms with E-state index in [0.29, 0.717) is 13.0 Å². The molecule has 0 aromatic heterocycles. The third kappa shape index (κ3) is 4.22. The molecular weight excluding hydrogens is 404 g/mol. The summed E-state index contributed by atoms with van der Waals surface area (Å²) in [5, 5.41) is 3.15. The van der Waals surface area contributed by atoms with Crippen molar-refractivity contribution >= 4 is 27.7 Å². The van der Waals surface area contributed by atoms with E-state index in [1.165, 1.54) is 9.20 Å². The summed E-state index contributed by atoms with van der Waals surface area (Å²) in [5.74, 6) is 0.755. The topological polar surface area (TPSA) is 66.5 Å². The summed E-state index contributed by atoms with van der Waals surface area (Å²) in [7, 11) is -3.71. The predicted octanol–water partition coefficient (Wildman–Crippen LogP) is 3.89. The minimum atomic E-state index is -3.71. The second kappa shape index (κ2) is 8.50. The SMILES string of the molecule is Cc1ccc(S(=O)(=O)N2CCCC[C@H]2C(=O)N[C@H]2CCSc3ccccc32)cc1. The summed E-state index contributed by atoms with van der Waals surface area (Å²) >= 11 is 1.80. The Labute approximate surface area is 176 Å². The van der Waals surface area contributed by atoms with Crippen molar-refractivity contribution in [3.05, 3.63) is 59.7 Å². The Morgan fingerprint density at radius 1 is 1.07 bits per heavy atom. The number of amides is 1. The van der Waals surface area contributed by atoms with Gasteiger partial charge in [-0.05, 0) is 49.9 Å². The molecule has 0 aliphatic carbocycles. The molecule has 2 aromatic rings. The van der Waals surface area contributed by atoms with Gasteiger partial charge in [0.2, 0.25) is 15.9 Å². The van der Waals surface area contributed by atoms with Gasteiger partial charge in [-0.3, -0.25) is 4.79 Å². The number of benzene rings is 2. The van der Waals surface area contributed by atoms with Crippen molar-refractivity contribution in [3.8, 4) is 0 Å². The number of hydrogen-bond acceptors (Lipinski definition) is 4. The maximum Gasteiger partial charge on any atom is 0.243 e. The lowest BCUT2D eigenvalue weighted by Crippen LogP contribution is -2.52. The van der Waals surface area contributed by atoms with Crippen LogP contribution in [-0.4, -0.2) is 37.0 Å². The molecule has 0 spiro atoms. The zero-order chi connectivity index (χ0) is 20.4. The number of carbonyl (C=O) groups excluding carboxylic acids is 1. The Morgan fingerprint density at radius 2 is 1.83 bits per heavy atom. The Morgan fingerprint density at radius 3 is 2.62 bits per heavy atom. The van der Waals surface area contributed by atoms with Crippen LogP contribution < -0.4 is 5.32 Å². The van der Waals surface area contributed by atoms with Gasteiger partial charge in [-0.2, -0.15) is 4.31 Å². The van der Waals surface area contributed by atoms with E-state index in [2.05, 4.69) is 11.4 Å². The predicted molar refractivity (Wildman–Crippen MR) is 115 cm³/mol. The van der Waals surface area contributed by atoms with E-state index >= 15 is 0 Å². The Bertz CT molecular complexity index is 989. The van der Waals surface area contributed by atoms with Gasteiger partial charge < -0.3 is 5.32 Å². The molecule has 0 unspecified atom stereocenters. The van der Waals surface area contributed by atoms with Crippen LogP contribution in [0.25, 0.3) is 0 Å². The highest BCUT2D eigenvalue weighted by Gasteiger charge is 2.38. The molecule has 0 bridgehead atoms. The van der Waals surface area contributed by atoms with Gasteiger partial charge in [0, 0.05) is 17.2 Å². The molecule has 2 atom stereocenters. The van der Waals surface area contributed by atoms with Gasteiger partial charge in [0.05, 0.1) is 10.9 Å². The molecule has 5 nitrogen and oxygen atoms in total. The van der Waals surface area contributed by atoms with Crippen LogP contribution in [0, 0.1) is 6.92 Å². The molecular formula is C22H26N2O3S2. The van der Waals surface area contributed by atoms with Crippen molar-refractivity contribution in [3.63, 3.8) is 0 Å². The summed E-state index contributed by atoms with van der Waals surface area (Å²) in [6.45, 7) is 2.30. The summed E-state index contributed by atoms with van der Waals surface area (Å²) < 4.78 is 27.9. The maximum absolute atomic E-state index is 13.2. The van der Waals surface area contributed by atoms with Gasteiger partial charge in [0.1, 0.15) is 6.04 Å². The summed E-state index contributed by atoms with van der Waals surface area (Å²) in [6, 6.07) is 14.2. The van der Waals surface area contributed by atoms with Gasteiger partial charge in [-0.1, -0.05) is 42.3 Å². The zero-order valence-corrected chi connectivity index (χ0v) is 18.1. The molecule has 2 aliphatic rings. The molecule has 2 heterocycles. The number of carbonyl (C=O) groups is 1. The third-order valence-corrected chi connectivity index (χ3v) is 8.70. The Balaban J connectivity index is 1.56. The van der Waals surface area contributed by atoms with Crippen molar-refractivity contribution < 1.29 is 13.2 Å². The highest BCUT2D eigenvalue weighted by atomic mass is 32.2. The minimum absolute atomic E-state index is 0.0641. The average molecular weight is 431 g/mol. The first-order valence-electron chi connectivity index (χ1n) is 10.1. The first-order chi connectivity index (χ1) is 14.0. The number of rotatable bonds is 4. The number of aryl methyl sites for hydroxylation is 1. The quantitative estimate of drug-likeness (QED) is 0.799. The first-order valence-corrected chi connectivity index (χ1v) is 12.5. The van der Waals surface area contributed by atoms with Crippen LogP contribution in [0.4, 0.5) is 0 Å². The van der Waals surface area contributed by atoms with Crippen molar-refractivity contribution in [2.75, 3.05) is 12.3 Å². The fourth-order valence-corrected chi connectivity index (χ4v) is 6.84. The van der Waals surface area contributed by atoms with Gasteiger partial charge in [-0.25, -0.2) is 8.42 Å². The molecule has 29 heavy (non-hydrogen) atoms. The number of sulfonamides is 1. The number of fused-ring (bicyclic) bond motifs is 1. The lowest BCUT2D eigenvalue weighted by atomic mass is 10.0. The molecule has 0 saturated carbocycles. The van der Waals surface area contributed by atoms with Crippen LogP contribution in [0.1, 0.15) is 42.9 Å². The van der Waals surface area contributed by atoms with Crippen molar-refractivity contribution in [2.45, 2.75) is 54.5 Å². The number of thioether (sulfide) groups is 1. The molecule has 1 fully saturated rings. The van der Waals surface area contributed by atoms with Crippen LogP contribution in [-0.2, 0) is 14.8 Å². The van der Waals surface area contributed by atoms with Crippen LogP contribution in [0.2, 0.25) is 0 Å². The van der Waals surface area contributed by atoms with E-state index in [1.807, 2.05) is 25.1 Å². The molecule has 2 aromatic carbocycles. The molecule has 4 rings (SSSR count). The largest absolute Gasteiger partial charge is 0.348 e. The standard InChI is InChI=1S/C22H26N2O3S2/c1-16-9-11-17(12-10-16)29(26,27)24-14-5-4-7-20(24)22(25)23-19-13-15-28-21-8-3-2-6-18(19)21/h2-3,6,8-12,19-20H,4-5,7,13-15H2,1H3,(H,23,25)/t19-,20-/m0/s1. The van der Waals surface area contributed by atoms with Crippen LogP contribution in [0.15, 0.2) is 58.3 Å². The molecule has 7 heteroatoms. The first kappa shape index (κ1) is 20.4. The normalized spacial score (nSPS) is 22.7. The molecule has 154 valence electrons. The fraction of sp³-hybridized carbons (Fsp3) is 0.409. The summed E-state index contributed by atoms with van der Waals surface area (Å²) in [5.41, 5.74) is 2.13. The highest BCUT2D eigenvalue weighted by molar-refractivity contribution is 7.99. The van der Waals surface area contributed by atoms with Gasteiger partial charge in [0.15, 0.2) is 0 Å². The fourth-order valence-electron chi connectivity index (χ4n) is 4.06. The van der Waals surface area contributed by atoms with Crippen molar-refractivity contribution in [1.29, 1.82) is 0 Å².